The normalized spacial score (nSPS) is 12.4. The molecule has 3 heteroatoms. The summed E-state index contributed by atoms with van der Waals surface area (Å²) in [6, 6.07) is 54.9. The minimum absolute atomic E-state index is 0.110. The highest BCUT2D eigenvalue weighted by Gasteiger charge is 2.19. The maximum atomic E-state index is 6.80. The van der Waals surface area contributed by atoms with Crippen LogP contribution in [0.5, 0.6) is 0 Å². The highest BCUT2D eigenvalue weighted by molar-refractivity contribution is 6.28. The van der Waals surface area contributed by atoms with Crippen molar-refractivity contribution in [3.05, 3.63) is 163 Å². The van der Waals surface area contributed by atoms with Crippen LogP contribution in [0, 0.1) is 0 Å². The van der Waals surface area contributed by atoms with Crippen molar-refractivity contribution in [3.8, 4) is 33.5 Å². The second-order valence-electron chi connectivity index (χ2n) is 15.6. The Kier molecular flexibility index (Phi) is 6.51. The van der Waals surface area contributed by atoms with E-state index in [2.05, 4.69) is 177 Å². The molecule has 0 atom stereocenters. The Morgan fingerprint density at radius 2 is 0.981 bits per heavy atom. The number of furan rings is 1. The van der Waals surface area contributed by atoms with Crippen molar-refractivity contribution in [2.45, 2.75) is 26.2 Å². The summed E-state index contributed by atoms with van der Waals surface area (Å²) in [7, 11) is 0. The van der Waals surface area contributed by atoms with E-state index in [1.807, 2.05) is 6.20 Å². The van der Waals surface area contributed by atoms with Gasteiger partial charge in [0.15, 0.2) is 0 Å². The molecule has 8 aromatic carbocycles. The molecular weight excluding hydrogens is 657 g/mol. The predicted molar refractivity (Wildman–Crippen MR) is 228 cm³/mol. The Balaban J connectivity index is 1.06. The SMILES string of the molecule is CC(C)(C)c1ccc(-c2cccc3c2[nH]c2c(-c4ccnc(-c5cccc6c5oc5cc7c8ccccc8c8ccccc8c7cc56)c4)cccc23)cc1. The maximum Gasteiger partial charge on any atom is 0.144 e. The first-order valence-electron chi connectivity index (χ1n) is 18.7. The van der Waals surface area contributed by atoms with Crippen molar-refractivity contribution in [1.29, 1.82) is 0 Å². The van der Waals surface area contributed by atoms with Crippen LogP contribution >= 0.6 is 0 Å². The molecule has 0 aliphatic carbocycles. The van der Waals surface area contributed by atoms with Gasteiger partial charge in [0, 0.05) is 44.4 Å². The number of nitrogens with one attached hydrogen (secondary N) is 1. The number of hydrogen-bond donors (Lipinski definition) is 1. The second kappa shape index (κ2) is 11.4. The number of aromatic nitrogens is 2. The first-order chi connectivity index (χ1) is 26.4. The maximum absolute atomic E-state index is 6.80. The van der Waals surface area contributed by atoms with E-state index < -0.39 is 0 Å². The van der Waals surface area contributed by atoms with Gasteiger partial charge in [-0.15, -0.1) is 0 Å². The second-order valence-corrected chi connectivity index (χ2v) is 15.6. The first-order valence-corrected chi connectivity index (χ1v) is 18.7. The van der Waals surface area contributed by atoms with Crippen LogP contribution in [0.1, 0.15) is 26.3 Å². The number of rotatable bonds is 3. The molecule has 0 amide bonds. The smallest absolute Gasteiger partial charge is 0.144 e. The van der Waals surface area contributed by atoms with Gasteiger partial charge in [0.2, 0.25) is 0 Å². The third-order valence-electron chi connectivity index (χ3n) is 11.4. The number of nitrogens with zero attached hydrogens (tertiary/aromatic N) is 1. The van der Waals surface area contributed by atoms with Gasteiger partial charge in [0.1, 0.15) is 11.2 Å². The van der Waals surface area contributed by atoms with E-state index in [0.717, 1.165) is 55.4 Å². The van der Waals surface area contributed by atoms with Gasteiger partial charge >= 0.3 is 0 Å². The van der Waals surface area contributed by atoms with E-state index in [0.29, 0.717) is 0 Å². The largest absolute Gasteiger partial charge is 0.455 e. The molecule has 1 N–H and O–H groups in total. The van der Waals surface area contributed by atoms with Crippen LogP contribution in [-0.4, -0.2) is 9.97 Å². The number of aromatic amines is 1. The van der Waals surface area contributed by atoms with E-state index in [1.165, 1.54) is 59.8 Å². The minimum atomic E-state index is 0.110. The first kappa shape index (κ1) is 30.9. The van der Waals surface area contributed by atoms with Crippen LogP contribution in [0.15, 0.2) is 162 Å². The van der Waals surface area contributed by atoms with E-state index in [4.69, 9.17) is 9.40 Å². The summed E-state index contributed by atoms with van der Waals surface area (Å²) in [5, 5.41) is 12.1. The molecule has 0 radical (unpaired) electrons. The molecule has 256 valence electrons. The zero-order valence-corrected chi connectivity index (χ0v) is 30.4. The quantitative estimate of drug-likeness (QED) is 0.187. The number of pyridine rings is 1. The molecule has 0 fully saturated rings. The van der Waals surface area contributed by atoms with E-state index in [-0.39, 0.29) is 5.41 Å². The average molecular weight is 693 g/mol. The molecule has 0 saturated heterocycles. The van der Waals surface area contributed by atoms with Gasteiger partial charge in [-0.3, -0.25) is 4.98 Å². The van der Waals surface area contributed by atoms with E-state index in [1.54, 1.807) is 0 Å². The molecule has 0 aliphatic heterocycles. The van der Waals surface area contributed by atoms with Crippen LogP contribution < -0.4 is 0 Å². The molecule has 0 spiro atoms. The van der Waals surface area contributed by atoms with Crippen molar-refractivity contribution in [2.75, 3.05) is 0 Å². The highest BCUT2D eigenvalue weighted by Crippen LogP contribution is 2.43. The number of para-hydroxylation sites is 3. The van der Waals surface area contributed by atoms with Crippen molar-refractivity contribution >= 4 is 76.1 Å². The lowest BCUT2D eigenvalue weighted by molar-refractivity contribution is 0.590. The van der Waals surface area contributed by atoms with Gasteiger partial charge in [-0.05, 0) is 84.8 Å². The zero-order chi connectivity index (χ0) is 36.1. The molecule has 3 nitrogen and oxygen atoms in total. The summed E-state index contributed by atoms with van der Waals surface area (Å²) in [5.74, 6) is 0. The third-order valence-corrected chi connectivity index (χ3v) is 11.4. The van der Waals surface area contributed by atoms with Gasteiger partial charge in [-0.2, -0.15) is 0 Å². The van der Waals surface area contributed by atoms with Crippen molar-refractivity contribution < 1.29 is 4.42 Å². The molecule has 11 rings (SSSR count). The fourth-order valence-electron chi connectivity index (χ4n) is 8.72. The van der Waals surface area contributed by atoms with Crippen LogP contribution in [0.2, 0.25) is 0 Å². The molecular formula is C51H36N2O. The predicted octanol–water partition coefficient (Wildman–Crippen LogP) is 14.4. The van der Waals surface area contributed by atoms with Crippen LogP contribution in [0.3, 0.4) is 0 Å². The summed E-state index contributed by atoms with van der Waals surface area (Å²) < 4.78 is 6.80. The average Bonchev–Trinajstić information content (AvgIpc) is 3.78. The van der Waals surface area contributed by atoms with Crippen LogP contribution in [0.4, 0.5) is 0 Å². The lowest BCUT2D eigenvalue weighted by Gasteiger charge is -2.19. The Labute approximate surface area is 312 Å². The number of H-pyrrole nitrogens is 1. The van der Waals surface area contributed by atoms with Gasteiger partial charge in [-0.1, -0.05) is 142 Å². The molecule has 0 bridgehead atoms. The lowest BCUT2D eigenvalue weighted by atomic mass is 9.86. The van der Waals surface area contributed by atoms with Crippen molar-refractivity contribution in [1.82, 2.24) is 9.97 Å². The van der Waals surface area contributed by atoms with E-state index >= 15 is 0 Å². The molecule has 3 aromatic heterocycles. The summed E-state index contributed by atoms with van der Waals surface area (Å²) in [4.78, 5) is 8.79. The van der Waals surface area contributed by atoms with Gasteiger partial charge in [0.25, 0.3) is 0 Å². The molecule has 0 aliphatic rings. The third kappa shape index (κ3) is 4.58. The highest BCUT2D eigenvalue weighted by atomic mass is 16.3. The Bertz CT molecular complexity index is 3300. The lowest BCUT2D eigenvalue weighted by Crippen LogP contribution is -2.10. The van der Waals surface area contributed by atoms with Gasteiger partial charge in [0.05, 0.1) is 16.7 Å². The summed E-state index contributed by atoms with van der Waals surface area (Å²) in [6.45, 7) is 6.77. The Hall–Kier alpha value is -6.71. The summed E-state index contributed by atoms with van der Waals surface area (Å²) in [5.41, 5.74) is 12.0. The fraction of sp³-hybridized carbons (Fsp3) is 0.0784. The van der Waals surface area contributed by atoms with Crippen LogP contribution in [0.25, 0.3) is 110 Å². The van der Waals surface area contributed by atoms with Crippen molar-refractivity contribution in [2.24, 2.45) is 0 Å². The monoisotopic (exact) mass is 692 g/mol. The molecule has 11 aromatic rings. The fourth-order valence-corrected chi connectivity index (χ4v) is 8.72. The number of fused-ring (bicyclic) bond motifs is 12. The Morgan fingerprint density at radius 1 is 0.444 bits per heavy atom. The van der Waals surface area contributed by atoms with Gasteiger partial charge < -0.3 is 9.40 Å². The molecule has 0 unspecified atom stereocenters. The Morgan fingerprint density at radius 3 is 1.61 bits per heavy atom. The van der Waals surface area contributed by atoms with Crippen molar-refractivity contribution in [3.63, 3.8) is 0 Å². The van der Waals surface area contributed by atoms with E-state index in [9.17, 15) is 0 Å². The molecule has 3 heterocycles. The summed E-state index contributed by atoms with van der Waals surface area (Å²) in [6.07, 6.45) is 1.92. The number of benzene rings is 8. The molecule has 0 saturated carbocycles. The zero-order valence-electron chi connectivity index (χ0n) is 30.4. The standard InChI is InChI=1S/C51H36N2O/c1-51(2,3)32-23-21-30(22-24-32)33-15-8-17-39-40-18-9-16-34(49(40)53-48(33)39)31-25-26-52-46(27-31)42-20-10-19-41-45-28-43-37-13-6-4-11-35(37)36-12-5-7-14-38(36)44(43)29-47(45)54-50(41)42/h4-29,53H,1-3H3. The van der Waals surface area contributed by atoms with Gasteiger partial charge in [-0.25, -0.2) is 0 Å². The summed E-state index contributed by atoms with van der Waals surface area (Å²) >= 11 is 0. The topological polar surface area (TPSA) is 41.8 Å². The van der Waals surface area contributed by atoms with Crippen LogP contribution in [-0.2, 0) is 5.41 Å². The number of hydrogen-bond acceptors (Lipinski definition) is 2. The minimum Gasteiger partial charge on any atom is -0.455 e. The molecule has 54 heavy (non-hydrogen) atoms.